The zero-order valence-corrected chi connectivity index (χ0v) is 14.6. The number of anilines is 1. The highest BCUT2D eigenvalue weighted by molar-refractivity contribution is 7.92. The molecule has 0 unspecified atom stereocenters. The average molecular weight is 349 g/mol. The molecule has 2 heterocycles. The molecule has 0 bridgehead atoms. The maximum atomic E-state index is 12.7. The Morgan fingerprint density at radius 2 is 1.96 bits per heavy atom. The summed E-state index contributed by atoms with van der Waals surface area (Å²) in [6.45, 7) is 6.29. The molecule has 24 heavy (non-hydrogen) atoms. The van der Waals surface area contributed by atoms with Crippen LogP contribution in [0.4, 0.5) is 5.69 Å². The Hall–Kier alpha value is -2.35. The number of rotatable bonds is 5. The number of ether oxygens (including phenoxy) is 2. The average Bonchev–Trinajstić information content (AvgIpc) is 2.99. The van der Waals surface area contributed by atoms with E-state index >= 15 is 0 Å². The van der Waals surface area contributed by atoms with Gasteiger partial charge in [-0.05, 0) is 44.5 Å². The molecule has 0 atom stereocenters. The van der Waals surface area contributed by atoms with Gasteiger partial charge in [0.05, 0.1) is 35.2 Å². The van der Waals surface area contributed by atoms with Crippen LogP contribution >= 0.6 is 0 Å². The summed E-state index contributed by atoms with van der Waals surface area (Å²) in [5.41, 5.74) is 2.29. The molecule has 0 aliphatic carbocycles. The van der Waals surface area contributed by atoms with Crippen molar-refractivity contribution in [2.24, 2.45) is 0 Å². The Kier molecular flexibility index (Phi) is 4.31. The topological polar surface area (TPSA) is 90.4 Å². The van der Waals surface area contributed by atoms with Gasteiger partial charge in [0.1, 0.15) is 5.75 Å². The molecule has 0 spiro atoms. The maximum Gasteiger partial charge on any atom is 0.316 e. The highest BCUT2D eigenvalue weighted by atomic mass is 32.2. The van der Waals surface area contributed by atoms with Crippen LogP contribution in [0.3, 0.4) is 0 Å². The summed E-state index contributed by atoms with van der Waals surface area (Å²) in [5.74, 6) is 0.741. The fourth-order valence-electron chi connectivity index (χ4n) is 2.55. The zero-order chi connectivity index (χ0) is 17.3. The van der Waals surface area contributed by atoms with Gasteiger partial charge in [-0.25, -0.2) is 8.42 Å². The van der Waals surface area contributed by atoms with Gasteiger partial charge >= 0.3 is 6.01 Å². The number of nitrogens with zero attached hydrogens (tertiary/aromatic N) is 2. The summed E-state index contributed by atoms with van der Waals surface area (Å²) in [7, 11) is -3.73. The number of hydrogen-bond acceptors (Lipinski definition) is 6. The van der Waals surface area contributed by atoms with Crippen molar-refractivity contribution in [3.05, 3.63) is 35.2 Å². The Morgan fingerprint density at radius 1 is 1.25 bits per heavy atom. The number of benzene rings is 1. The molecule has 0 saturated carbocycles. The maximum absolute atomic E-state index is 12.7. The predicted molar refractivity (Wildman–Crippen MR) is 89.1 cm³/mol. The van der Waals surface area contributed by atoms with E-state index in [9.17, 15) is 8.42 Å². The second-order valence-corrected chi connectivity index (χ2v) is 7.14. The standard InChI is InChI=1S/C16H19N3O4S/c1-4-22-16-17-10(2)15(11(3)18-16)19-24(20,21)13-5-6-14-12(9-13)7-8-23-14/h5-6,9,19H,4,7-8H2,1-3H3. The molecule has 8 heteroatoms. The summed E-state index contributed by atoms with van der Waals surface area (Å²) in [6, 6.07) is 5.10. The highest BCUT2D eigenvalue weighted by Gasteiger charge is 2.21. The minimum atomic E-state index is -3.73. The molecule has 128 valence electrons. The Morgan fingerprint density at radius 3 is 2.62 bits per heavy atom. The lowest BCUT2D eigenvalue weighted by Gasteiger charge is -2.14. The number of fused-ring (bicyclic) bond motifs is 1. The summed E-state index contributed by atoms with van der Waals surface area (Å²) in [4.78, 5) is 8.55. The molecule has 7 nitrogen and oxygen atoms in total. The van der Waals surface area contributed by atoms with Crippen molar-refractivity contribution in [1.82, 2.24) is 9.97 Å². The Bertz CT molecular complexity index is 858. The minimum Gasteiger partial charge on any atom is -0.493 e. The molecule has 1 aromatic heterocycles. The van der Waals surface area contributed by atoms with Gasteiger partial charge in [-0.1, -0.05) is 0 Å². The van der Waals surface area contributed by atoms with Crippen LogP contribution in [-0.2, 0) is 16.4 Å². The van der Waals surface area contributed by atoms with Crippen molar-refractivity contribution < 1.29 is 17.9 Å². The highest BCUT2D eigenvalue weighted by Crippen LogP contribution is 2.29. The normalized spacial score (nSPS) is 13.3. The fraction of sp³-hybridized carbons (Fsp3) is 0.375. The first-order valence-corrected chi connectivity index (χ1v) is 9.15. The lowest BCUT2D eigenvalue weighted by atomic mass is 10.2. The molecule has 1 N–H and O–H groups in total. The van der Waals surface area contributed by atoms with Crippen LogP contribution in [0.25, 0.3) is 0 Å². The van der Waals surface area contributed by atoms with Crippen molar-refractivity contribution in [3.8, 4) is 11.8 Å². The predicted octanol–water partition coefficient (Wildman–Crippen LogP) is 2.23. The van der Waals surface area contributed by atoms with Crippen molar-refractivity contribution >= 4 is 15.7 Å². The number of aryl methyl sites for hydroxylation is 2. The van der Waals surface area contributed by atoms with E-state index < -0.39 is 10.0 Å². The van der Waals surface area contributed by atoms with Crippen LogP contribution in [-0.4, -0.2) is 31.6 Å². The van der Waals surface area contributed by atoms with Crippen LogP contribution in [0.1, 0.15) is 23.9 Å². The summed E-state index contributed by atoms with van der Waals surface area (Å²) < 4.78 is 38.6. The molecule has 0 radical (unpaired) electrons. The molecule has 0 saturated heterocycles. The second-order valence-electron chi connectivity index (χ2n) is 5.46. The molecule has 1 aliphatic heterocycles. The van der Waals surface area contributed by atoms with E-state index in [0.717, 1.165) is 11.3 Å². The van der Waals surface area contributed by atoms with Crippen LogP contribution in [0, 0.1) is 13.8 Å². The first-order valence-electron chi connectivity index (χ1n) is 7.67. The van der Waals surface area contributed by atoms with Crippen molar-refractivity contribution in [3.63, 3.8) is 0 Å². The van der Waals surface area contributed by atoms with Gasteiger partial charge in [0.2, 0.25) is 0 Å². The summed E-state index contributed by atoms with van der Waals surface area (Å²) in [5, 5.41) is 0. The van der Waals surface area contributed by atoms with E-state index in [0.29, 0.717) is 36.7 Å². The Balaban J connectivity index is 1.92. The van der Waals surface area contributed by atoms with E-state index in [1.165, 1.54) is 6.07 Å². The van der Waals surface area contributed by atoms with Gasteiger partial charge < -0.3 is 9.47 Å². The van der Waals surface area contributed by atoms with Gasteiger partial charge in [0.25, 0.3) is 10.0 Å². The third-order valence-corrected chi connectivity index (χ3v) is 5.08. The Labute approximate surface area is 141 Å². The lowest BCUT2D eigenvalue weighted by molar-refractivity contribution is 0.311. The number of nitrogens with one attached hydrogen (secondary N) is 1. The van der Waals surface area contributed by atoms with E-state index in [-0.39, 0.29) is 10.9 Å². The van der Waals surface area contributed by atoms with Crippen LogP contribution in [0.5, 0.6) is 11.8 Å². The SMILES string of the molecule is CCOc1nc(C)c(NS(=O)(=O)c2ccc3c(c2)CCO3)c(C)n1. The van der Waals surface area contributed by atoms with Crippen molar-refractivity contribution in [2.75, 3.05) is 17.9 Å². The van der Waals surface area contributed by atoms with E-state index in [4.69, 9.17) is 9.47 Å². The third-order valence-electron chi connectivity index (χ3n) is 3.73. The number of hydrogen-bond donors (Lipinski definition) is 1. The molecular formula is C16H19N3O4S. The molecular weight excluding hydrogens is 330 g/mol. The van der Waals surface area contributed by atoms with Crippen LogP contribution in [0.15, 0.2) is 23.1 Å². The van der Waals surface area contributed by atoms with Crippen molar-refractivity contribution in [2.45, 2.75) is 32.1 Å². The van der Waals surface area contributed by atoms with Gasteiger partial charge in [0, 0.05) is 6.42 Å². The molecule has 3 rings (SSSR count). The third kappa shape index (κ3) is 3.14. The molecule has 1 aliphatic rings. The van der Waals surface area contributed by atoms with Gasteiger partial charge in [-0.3, -0.25) is 4.72 Å². The van der Waals surface area contributed by atoms with Gasteiger partial charge in [-0.2, -0.15) is 9.97 Å². The quantitative estimate of drug-likeness (QED) is 0.890. The van der Waals surface area contributed by atoms with E-state index in [2.05, 4.69) is 14.7 Å². The van der Waals surface area contributed by atoms with Gasteiger partial charge in [0.15, 0.2) is 0 Å². The number of sulfonamides is 1. The van der Waals surface area contributed by atoms with E-state index in [1.54, 1.807) is 26.0 Å². The monoisotopic (exact) mass is 349 g/mol. The molecule has 0 fully saturated rings. The van der Waals surface area contributed by atoms with Crippen LogP contribution in [0.2, 0.25) is 0 Å². The summed E-state index contributed by atoms with van der Waals surface area (Å²) in [6.07, 6.45) is 0.711. The van der Waals surface area contributed by atoms with Crippen molar-refractivity contribution in [1.29, 1.82) is 0 Å². The smallest absolute Gasteiger partial charge is 0.316 e. The molecule has 1 aromatic carbocycles. The fourth-order valence-corrected chi connectivity index (χ4v) is 3.78. The number of aromatic nitrogens is 2. The lowest BCUT2D eigenvalue weighted by Crippen LogP contribution is -2.16. The zero-order valence-electron chi connectivity index (χ0n) is 13.8. The largest absolute Gasteiger partial charge is 0.493 e. The minimum absolute atomic E-state index is 0.194. The second kappa shape index (κ2) is 6.27. The van der Waals surface area contributed by atoms with E-state index in [1.807, 2.05) is 6.92 Å². The van der Waals surface area contributed by atoms with Gasteiger partial charge in [-0.15, -0.1) is 0 Å². The van der Waals surface area contributed by atoms with Crippen LogP contribution < -0.4 is 14.2 Å². The molecule has 2 aromatic rings. The molecule has 0 amide bonds. The first kappa shape index (κ1) is 16.5. The summed E-state index contributed by atoms with van der Waals surface area (Å²) >= 11 is 0. The first-order chi connectivity index (χ1) is 11.4.